The van der Waals surface area contributed by atoms with E-state index in [9.17, 15) is 19.6 Å². The number of carbonyl (C=O) groups excluding carboxylic acids is 3. The number of aryl methyl sites for hydroxylation is 1. The van der Waals surface area contributed by atoms with Crippen molar-refractivity contribution in [3.63, 3.8) is 0 Å². The van der Waals surface area contributed by atoms with Gasteiger partial charge in [0, 0.05) is 33.1 Å². The number of carbonyl (C=O) groups is 3. The van der Waals surface area contributed by atoms with Crippen molar-refractivity contribution in [2.75, 3.05) is 26.2 Å². The van der Waals surface area contributed by atoms with Gasteiger partial charge in [-0.2, -0.15) is 0 Å². The predicted molar refractivity (Wildman–Crippen MR) is 104 cm³/mol. The van der Waals surface area contributed by atoms with E-state index in [1.54, 1.807) is 15.3 Å². The van der Waals surface area contributed by atoms with Crippen LogP contribution in [0.25, 0.3) is 0 Å². The third kappa shape index (κ3) is 3.76. The van der Waals surface area contributed by atoms with Crippen molar-refractivity contribution in [1.29, 1.82) is 0 Å². The number of rotatable bonds is 5. The molecule has 0 aliphatic carbocycles. The average molecular weight is 387 g/mol. The second-order valence-electron chi connectivity index (χ2n) is 8.30. The molecule has 2 fully saturated rings. The zero-order valence-electron chi connectivity index (χ0n) is 16.8. The van der Waals surface area contributed by atoms with Crippen LogP contribution in [-0.2, 0) is 19.8 Å². The van der Waals surface area contributed by atoms with Crippen LogP contribution in [0.4, 0.5) is 0 Å². The van der Waals surface area contributed by atoms with Crippen molar-refractivity contribution in [2.24, 2.45) is 11.8 Å². The molecule has 0 saturated carbocycles. The van der Waals surface area contributed by atoms with Crippen LogP contribution in [0.1, 0.15) is 37.8 Å². The Bertz CT molecular complexity index is 763. The maximum Gasteiger partial charge on any atom is 0.248 e. The molecule has 2 aliphatic heterocycles. The molecular formula is C21H29N3O4. The summed E-state index contributed by atoms with van der Waals surface area (Å²) in [5, 5.41) is 9.20. The van der Waals surface area contributed by atoms with Crippen LogP contribution in [0.2, 0.25) is 0 Å². The second kappa shape index (κ2) is 7.91. The first-order valence-electron chi connectivity index (χ1n) is 9.82. The summed E-state index contributed by atoms with van der Waals surface area (Å²) in [4.78, 5) is 40.6. The summed E-state index contributed by atoms with van der Waals surface area (Å²) >= 11 is 0. The normalized spacial score (nSPS) is 25.9. The van der Waals surface area contributed by atoms with Gasteiger partial charge in [-0.25, -0.2) is 5.48 Å². The van der Waals surface area contributed by atoms with Crippen LogP contribution in [0, 0.1) is 18.8 Å². The molecule has 7 heteroatoms. The van der Waals surface area contributed by atoms with Crippen molar-refractivity contribution >= 4 is 17.7 Å². The largest absolute Gasteiger partial charge is 0.343 e. The summed E-state index contributed by atoms with van der Waals surface area (Å²) in [6.07, 6.45) is 1.38. The quantitative estimate of drug-likeness (QED) is 0.591. The number of amides is 3. The van der Waals surface area contributed by atoms with Crippen LogP contribution in [0.5, 0.6) is 0 Å². The Morgan fingerprint density at radius 2 is 1.96 bits per heavy atom. The first-order chi connectivity index (χ1) is 13.3. The van der Waals surface area contributed by atoms with Gasteiger partial charge in [0.15, 0.2) is 0 Å². The number of likely N-dealkylation sites (tertiary alicyclic amines) is 2. The van der Waals surface area contributed by atoms with Gasteiger partial charge in [0.2, 0.25) is 17.7 Å². The molecule has 3 rings (SSSR count). The molecule has 2 heterocycles. The fourth-order valence-corrected chi connectivity index (χ4v) is 4.45. The lowest BCUT2D eigenvalue weighted by Crippen LogP contribution is -2.45. The molecule has 0 radical (unpaired) electrons. The lowest BCUT2D eigenvalue weighted by molar-refractivity contribution is -0.139. The highest BCUT2D eigenvalue weighted by atomic mass is 16.5. The molecule has 0 aromatic heterocycles. The van der Waals surface area contributed by atoms with E-state index in [1.165, 1.54) is 6.92 Å². The van der Waals surface area contributed by atoms with E-state index in [2.05, 4.69) is 0 Å². The van der Waals surface area contributed by atoms with E-state index in [0.29, 0.717) is 32.5 Å². The van der Waals surface area contributed by atoms with Crippen LogP contribution >= 0.6 is 0 Å². The highest BCUT2D eigenvalue weighted by molar-refractivity contribution is 5.90. The lowest BCUT2D eigenvalue weighted by atomic mass is 9.81. The third-order valence-corrected chi connectivity index (χ3v) is 6.43. The molecule has 28 heavy (non-hydrogen) atoms. The SMILES string of the molecule is CC(=O)N1CCC([C@@H](CN2CCC(C)(c3ccc(C)cc3)C2=O)C(=O)NO)C1. The van der Waals surface area contributed by atoms with E-state index >= 15 is 0 Å². The Hall–Kier alpha value is -2.41. The number of nitrogens with zero attached hydrogens (tertiary/aromatic N) is 2. The smallest absolute Gasteiger partial charge is 0.248 e. The van der Waals surface area contributed by atoms with E-state index in [4.69, 9.17) is 0 Å². The van der Waals surface area contributed by atoms with Gasteiger partial charge in [0.1, 0.15) is 0 Å². The fourth-order valence-electron chi connectivity index (χ4n) is 4.45. The van der Waals surface area contributed by atoms with Gasteiger partial charge in [-0.05, 0) is 38.2 Å². The summed E-state index contributed by atoms with van der Waals surface area (Å²) in [7, 11) is 0. The van der Waals surface area contributed by atoms with Crippen molar-refractivity contribution < 1.29 is 19.6 Å². The van der Waals surface area contributed by atoms with Gasteiger partial charge in [0.05, 0.1) is 11.3 Å². The molecule has 0 spiro atoms. The van der Waals surface area contributed by atoms with Gasteiger partial charge in [-0.3, -0.25) is 19.6 Å². The van der Waals surface area contributed by atoms with E-state index < -0.39 is 17.2 Å². The van der Waals surface area contributed by atoms with Crippen molar-refractivity contribution in [3.05, 3.63) is 35.4 Å². The number of hydroxylamine groups is 1. The molecule has 2 unspecified atom stereocenters. The fraction of sp³-hybridized carbons (Fsp3) is 0.571. The minimum atomic E-state index is -0.602. The molecule has 2 aliphatic rings. The predicted octanol–water partition coefficient (Wildman–Crippen LogP) is 1.48. The van der Waals surface area contributed by atoms with Gasteiger partial charge in [-0.15, -0.1) is 0 Å². The zero-order valence-corrected chi connectivity index (χ0v) is 16.8. The molecule has 2 saturated heterocycles. The molecule has 7 nitrogen and oxygen atoms in total. The highest BCUT2D eigenvalue weighted by Gasteiger charge is 2.46. The topological polar surface area (TPSA) is 90.0 Å². The number of hydrogen-bond donors (Lipinski definition) is 2. The van der Waals surface area contributed by atoms with Crippen LogP contribution in [0.3, 0.4) is 0 Å². The maximum atomic E-state index is 13.2. The van der Waals surface area contributed by atoms with E-state index in [1.807, 2.05) is 38.1 Å². The minimum absolute atomic E-state index is 0.00788. The van der Waals surface area contributed by atoms with Gasteiger partial charge < -0.3 is 9.80 Å². The molecule has 1 aromatic carbocycles. The van der Waals surface area contributed by atoms with Crippen molar-refractivity contribution in [2.45, 2.75) is 39.0 Å². The Morgan fingerprint density at radius 1 is 1.29 bits per heavy atom. The first-order valence-corrected chi connectivity index (χ1v) is 9.82. The number of nitrogens with one attached hydrogen (secondary N) is 1. The third-order valence-electron chi connectivity index (χ3n) is 6.43. The van der Waals surface area contributed by atoms with Gasteiger partial charge >= 0.3 is 0 Å². The molecule has 3 atom stereocenters. The number of benzene rings is 1. The summed E-state index contributed by atoms with van der Waals surface area (Å²) in [5.74, 6) is -1.12. The molecular weight excluding hydrogens is 358 g/mol. The highest BCUT2D eigenvalue weighted by Crippen LogP contribution is 2.37. The Labute approximate surface area is 165 Å². The Balaban J connectivity index is 1.75. The van der Waals surface area contributed by atoms with Crippen LogP contribution in [0.15, 0.2) is 24.3 Å². The monoisotopic (exact) mass is 387 g/mol. The van der Waals surface area contributed by atoms with Gasteiger partial charge in [0.25, 0.3) is 0 Å². The molecule has 1 aromatic rings. The van der Waals surface area contributed by atoms with Gasteiger partial charge in [-0.1, -0.05) is 29.8 Å². The van der Waals surface area contributed by atoms with E-state index in [0.717, 1.165) is 11.1 Å². The molecule has 152 valence electrons. The second-order valence-corrected chi connectivity index (χ2v) is 8.30. The van der Waals surface area contributed by atoms with Crippen molar-refractivity contribution in [3.8, 4) is 0 Å². The summed E-state index contributed by atoms with van der Waals surface area (Å²) in [5.41, 5.74) is 3.28. The first kappa shape index (κ1) is 20.3. The van der Waals surface area contributed by atoms with Crippen LogP contribution < -0.4 is 5.48 Å². The summed E-state index contributed by atoms with van der Waals surface area (Å²) in [6.45, 7) is 7.38. The standard InChI is InChI=1S/C21H29N3O4/c1-14-4-6-17(7-5-14)21(3)9-11-24(20(21)27)13-18(19(26)22-28)16-8-10-23(12-16)15(2)25/h4-7,16,18,28H,8-13H2,1-3H3,(H,22,26)/t16?,18-,21?/m1/s1. The summed E-state index contributed by atoms with van der Waals surface area (Å²) < 4.78 is 0. The van der Waals surface area contributed by atoms with Crippen LogP contribution in [-0.4, -0.2) is 58.9 Å². The Kier molecular flexibility index (Phi) is 5.74. The maximum absolute atomic E-state index is 13.2. The molecule has 3 amide bonds. The zero-order chi connectivity index (χ0) is 20.5. The number of hydrogen-bond acceptors (Lipinski definition) is 4. The van der Waals surface area contributed by atoms with E-state index in [-0.39, 0.29) is 24.3 Å². The minimum Gasteiger partial charge on any atom is -0.343 e. The average Bonchev–Trinajstić information content (AvgIpc) is 3.27. The summed E-state index contributed by atoms with van der Waals surface area (Å²) in [6, 6.07) is 8.01. The molecule has 2 N–H and O–H groups in total. The molecule has 0 bridgehead atoms. The Morgan fingerprint density at radius 3 is 2.54 bits per heavy atom. The van der Waals surface area contributed by atoms with Crippen molar-refractivity contribution in [1.82, 2.24) is 15.3 Å². The lowest BCUT2D eigenvalue weighted by Gasteiger charge is -2.29.